The Morgan fingerprint density at radius 1 is 0.600 bits per heavy atom. The number of rotatable bonds is 0. The average molecular weight is 177 g/mol. The SMILES string of the molecule is C=C.C=C.[SnH2]. The molecule has 0 aliphatic heterocycles. The van der Waals surface area contributed by atoms with E-state index in [1.54, 1.807) is 0 Å². The summed E-state index contributed by atoms with van der Waals surface area (Å²) in [5.74, 6) is 0. The van der Waals surface area contributed by atoms with Gasteiger partial charge in [0.05, 0.1) is 0 Å². The Bertz CT molecular complexity index is 5.61. The summed E-state index contributed by atoms with van der Waals surface area (Å²) in [4.78, 5) is 0. The summed E-state index contributed by atoms with van der Waals surface area (Å²) in [7, 11) is 0. The second-order valence-corrected chi connectivity index (χ2v) is 0. The molecule has 0 aliphatic carbocycles. The molecule has 2 radical (unpaired) electrons. The first kappa shape index (κ1) is 18.6. The van der Waals surface area contributed by atoms with Crippen LogP contribution in [0.3, 0.4) is 0 Å². The van der Waals surface area contributed by atoms with E-state index in [4.69, 9.17) is 0 Å². The molecule has 0 bridgehead atoms. The summed E-state index contributed by atoms with van der Waals surface area (Å²) in [6.07, 6.45) is 0. The molecule has 0 N–H and O–H groups in total. The quantitative estimate of drug-likeness (QED) is 0.377. The Morgan fingerprint density at radius 2 is 0.600 bits per heavy atom. The van der Waals surface area contributed by atoms with Gasteiger partial charge in [0.15, 0.2) is 0 Å². The van der Waals surface area contributed by atoms with Gasteiger partial charge < -0.3 is 0 Å². The van der Waals surface area contributed by atoms with Gasteiger partial charge in [-0.1, -0.05) is 0 Å². The summed E-state index contributed by atoms with van der Waals surface area (Å²) in [6, 6.07) is 0. The second kappa shape index (κ2) is 592. The molecule has 0 heterocycles. The molecule has 0 atom stereocenters. The van der Waals surface area contributed by atoms with Gasteiger partial charge in [0.1, 0.15) is 0 Å². The number of hydrogen-bond donors (Lipinski definition) is 0. The van der Waals surface area contributed by atoms with Crippen LogP contribution in [0.25, 0.3) is 0 Å². The fourth-order valence-electron chi connectivity index (χ4n) is 0. The van der Waals surface area contributed by atoms with Gasteiger partial charge in [-0.3, -0.25) is 0 Å². The molecule has 5 heavy (non-hydrogen) atoms. The first-order valence-electron chi connectivity index (χ1n) is 1.000. The molecule has 0 aromatic rings. The van der Waals surface area contributed by atoms with Crippen LogP contribution in [0.15, 0.2) is 26.3 Å². The summed E-state index contributed by atoms with van der Waals surface area (Å²) >= 11 is 0. The van der Waals surface area contributed by atoms with Crippen LogP contribution in [0.1, 0.15) is 0 Å². The van der Waals surface area contributed by atoms with Crippen LogP contribution in [0, 0.1) is 0 Å². The Labute approximate surface area is 50.5 Å². The van der Waals surface area contributed by atoms with Crippen LogP contribution in [0.2, 0.25) is 0 Å². The van der Waals surface area contributed by atoms with E-state index in [9.17, 15) is 0 Å². The van der Waals surface area contributed by atoms with Crippen molar-refractivity contribution in [3.05, 3.63) is 26.3 Å². The van der Waals surface area contributed by atoms with E-state index < -0.39 is 0 Å². The van der Waals surface area contributed by atoms with Gasteiger partial charge in [0.25, 0.3) is 0 Å². The van der Waals surface area contributed by atoms with Crippen LogP contribution in [0.4, 0.5) is 0 Å². The second-order valence-electron chi connectivity index (χ2n) is 0. The summed E-state index contributed by atoms with van der Waals surface area (Å²) in [5, 5.41) is 0. The maximum atomic E-state index is 3.00. The minimum absolute atomic E-state index is 0. The molecule has 30 valence electrons. The number of hydrogen-bond acceptors (Lipinski definition) is 0. The van der Waals surface area contributed by atoms with E-state index in [-0.39, 0.29) is 23.9 Å². The van der Waals surface area contributed by atoms with Crippen LogP contribution < -0.4 is 0 Å². The molecule has 0 nitrogen and oxygen atoms in total. The van der Waals surface area contributed by atoms with E-state index in [0.29, 0.717) is 0 Å². The average Bonchev–Trinajstić information content (AvgIpc) is 1.50. The fourth-order valence-corrected chi connectivity index (χ4v) is 0. The molecule has 1 heteroatoms. The van der Waals surface area contributed by atoms with Crippen molar-refractivity contribution in [3.63, 3.8) is 0 Å². The monoisotopic (exact) mass is 178 g/mol. The van der Waals surface area contributed by atoms with Crippen molar-refractivity contribution in [3.8, 4) is 0 Å². The molecule has 0 spiro atoms. The van der Waals surface area contributed by atoms with Gasteiger partial charge >= 0.3 is 23.9 Å². The first-order chi connectivity index (χ1) is 2.00. The Hall–Kier alpha value is 0.279. The van der Waals surface area contributed by atoms with Crippen LogP contribution >= 0.6 is 0 Å². The molecule has 0 unspecified atom stereocenters. The van der Waals surface area contributed by atoms with Gasteiger partial charge in [0.2, 0.25) is 0 Å². The molecule has 0 saturated heterocycles. The van der Waals surface area contributed by atoms with Gasteiger partial charge in [-0.05, 0) is 0 Å². The topological polar surface area (TPSA) is 0 Å². The predicted octanol–water partition coefficient (Wildman–Crippen LogP) is 0.688. The fraction of sp³-hybridized carbons (Fsp3) is 0. The zero-order chi connectivity index (χ0) is 4.00. The third kappa shape index (κ3) is 286. The molecule has 0 fully saturated rings. The normalized spacial score (nSPS) is 1.60. The van der Waals surface area contributed by atoms with Crippen molar-refractivity contribution in [1.29, 1.82) is 0 Å². The summed E-state index contributed by atoms with van der Waals surface area (Å²) in [5.41, 5.74) is 0. The van der Waals surface area contributed by atoms with Crippen molar-refractivity contribution >= 4 is 23.9 Å². The molecule has 0 amide bonds. The molecular weight excluding hydrogens is 167 g/mol. The molecule has 0 saturated carbocycles. The van der Waals surface area contributed by atoms with Gasteiger partial charge in [-0.2, -0.15) is 0 Å². The van der Waals surface area contributed by atoms with Crippen molar-refractivity contribution in [2.75, 3.05) is 0 Å². The Morgan fingerprint density at radius 3 is 0.600 bits per heavy atom. The van der Waals surface area contributed by atoms with Crippen LogP contribution in [0.5, 0.6) is 0 Å². The summed E-state index contributed by atoms with van der Waals surface area (Å²) in [6.45, 7) is 12.0. The van der Waals surface area contributed by atoms with E-state index in [1.165, 1.54) is 0 Å². The van der Waals surface area contributed by atoms with Gasteiger partial charge in [-0.15, -0.1) is 26.3 Å². The van der Waals surface area contributed by atoms with Crippen molar-refractivity contribution < 1.29 is 0 Å². The third-order valence-electron chi connectivity index (χ3n) is 0. The Kier molecular flexibility index (Phi) is 2200. The molecular formula is C4H10Sn. The maximum absolute atomic E-state index is 3.00. The molecule has 0 rings (SSSR count). The third-order valence-corrected chi connectivity index (χ3v) is 0. The van der Waals surface area contributed by atoms with E-state index in [2.05, 4.69) is 26.3 Å². The van der Waals surface area contributed by atoms with Crippen LogP contribution in [-0.2, 0) is 0 Å². The van der Waals surface area contributed by atoms with Gasteiger partial charge in [-0.25, -0.2) is 0 Å². The first-order valence-corrected chi connectivity index (χ1v) is 1.000. The zero-order valence-electron chi connectivity index (χ0n) is 3.54. The standard InChI is InChI=1S/2C2H4.Sn.2H/c2*1-2;;;/h2*1-2H2;;;. The Balaban J connectivity index is -0.0000000133. The molecule has 0 aromatic heterocycles. The van der Waals surface area contributed by atoms with Crippen LogP contribution in [-0.4, -0.2) is 23.9 Å². The van der Waals surface area contributed by atoms with Crippen molar-refractivity contribution in [2.24, 2.45) is 0 Å². The molecule has 0 aliphatic rings. The van der Waals surface area contributed by atoms with E-state index in [1.807, 2.05) is 0 Å². The van der Waals surface area contributed by atoms with E-state index >= 15 is 0 Å². The zero-order valence-corrected chi connectivity index (χ0v) is 7.57. The molecule has 0 aromatic carbocycles. The van der Waals surface area contributed by atoms with Gasteiger partial charge in [0, 0.05) is 0 Å². The summed E-state index contributed by atoms with van der Waals surface area (Å²) < 4.78 is 0. The van der Waals surface area contributed by atoms with E-state index in [0.717, 1.165) is 0 Å². The predicted molar refractivity (Wildman–Crippen MR) is 31.1 cm³/mol. The minimum atomic E-state index is 0. The van der Waals surface area contributed by atoms with Crippen molar-refractivity contribution in [2.45, 2.75) is 0 Å². The van der Waals surface area contributed by atoms with Crippen molar-refractivity contribution in [1.82, 2.24) is 0 Å².